The maximum absolute atomic E-state index is 11.4. The first-order chi connectivity index (χ1) is 7.52. The molecule has 0 saturated carbocycles. The molecule has 1 unspecified atom stereocenters. The Morgan fingerprint density at radius 2 is 2.12 bits per heavy atom. The Morgan fingerprint density at radius 3 is 2.62 bits per heavy atom. The second kappa shape index (κ2) is 5.46. The van der Waals surface area contributed by atoms with Crippen LogP contribution in [0.25, 0.3) is 0 Å². The average molecular weight is 286 g/mol. The lowest BCUT2D eigenvalue weighted by Crippen LogP contribution is -2.33. The van der Waals surface area contributed by atoms with Gasteiger partial charge in [0.25, 0.3) is 0 Å². The fraction of sp³-hybridized carbons (Fsp3) is 0.417. The number of halogens is 1. The first-order valence-electron chi connectivity index (χ1n) is 5.21. The predicted octanol–water partition coefficient (Wildman–Crippen LogP) is 2.53. The molecular weight excluding hydrogens is 270 g/mol. The minimum absolute atomic E-state index is 0.507. The molecule has 16 heavy (non-hydrogen) atoms. The van der Waals surface area contributed by atoms with Gasteiger partial charge in [0.05, 0.1) is 5.41 Å². The predicted molar refractivity (Wildman–Crippen MR) is 67.4 cm³/mol. The number of carboxylic acids is 1. The number of benzene rings is 1. The zero-order valence-electron chi connectivity index (χ0n) is 9.24. The van der Waals surface area contributed by atoms with E-state index in [1.165, 1.54) is 0 Å². The molecular formula is C12H16BrNO2. The van der Waals surface area contributed by atoms with Gasteiger partial charge in [-0.25, -0.2) is 0 Å². The largest absolute Gasteiger partial charge is 0.481 e. The fourth-order valence-corrected chi connectivity index (χ4v) is 2.44. The van der Waals surface area contributed by atoms with E-state index in [-0.39, 0.29) is 0 Å². The molecule has 4 heteroatoms. The number of aliphatic carboxylic acids is 1. The van der Waals surface area contributed by atoms with Crippen LogP contribution >= 0.6 is 15.9 Å². The molecule has 0 bridgehead atoms. The van der Waals surface area contributed by atoms with Gasteiger partial charge >= 0.3 is 5.97 Å². The Morgan fingerprint density at radius 1 is 1.50 bits per heavy atom. The molecule has 3 N–H and O–H groups in total. The van der Waals surface area contributed by atoms with Gasteiger partial charge in [-0.2, -0.15) is 0 Å². The quantitative estimate of drug-likeness (QED) is 0.874. The van der Waals surface area contributed by atoms with Crippen molar-refractivity contribution in [3.63, 3.8) is 0 Å². The Bertz CT molecular complexity index is 381. The molecule has 0 fully saturated rings. The fourth-order valence-electron chi connectivity index (χ4n) is 1.72. The van der Waals surface area contributed by atoms with Crippen LogP contribution in [0.3, 0.4) is 0 Å². The van der Waals surface area contributed by atoms with Crippen LogP contribution in [-0.2, 0) is 10.2 Å². The van der Waals surface area contributed by atoms with Gasteiger partial charge in [0.15, 0.2) is 0 Å². The first kappa shape index (κ1) is 13.2. The Balaban J connectivity index is 3.11. The van der Waals surface area contributed by atoms with Gasteiger partial charge in [-0.3, -0.25) is 4.79 Å². The van der Waals surface area contributed by atoms with Gasteiger partial charge in [-0.1, -0.05) is 34.1 Å². The highest BCUT2D eigenvalue weighted by molar-refractivity contribution is 9.10. The van der Waals surface area contributed by atoms with E-state index in [1.54, 1.807) is 6.92 Å². The topological polar surface area (TPSA) is 63.3 Å². The number of carboxylic acid groups (broad SMARTS) is 1. The van der Waals surface area contributed by atoms with Gasteiger partial charge in [0.2, 0.25) is 0 Å². The first-order valence-corrected chi connectivity index (χ1v) is 6.00. The van der Waals surface area contributed by atoms with E-state index >= 15 is 0 Å². The third kappa shape index (κ3) is 2.62. The molecule has 88 valence electrons. The Hall–Kier alpha value is -0.870. The molecule has 0 aliphatic heterocycles. The lowest BCUT2D eigenvalue weighted by Gasteiger charge is -2.26. The maximum Gasteiger partial charge on any atom is 0.313 e. The second-order valence-corrected chi connectivity index (χ2v) is 4.86. The number of carbonyl (C=O) groups is 1. The molecule has 1 rings (SSSR count). The van der Waals surface area contributed by atoms with Crippen LogP contribution in [0, 0.1) is 0 Å². The van der Waals surface area contributed by atoms with Crippen LogP contribution in [0.1, 0.15) is 25.3 Å². The minimum atomic E-state index is -0.876. The van der Waals surface area contributed by atoms with Crippen molar-refractivity contribution in [3.05, 3.63) is 34.3 Å². The SMILES string of the molecule is CC(CCCN)(C(=O)O)c1ccccc1Br. The summed E-state index contributed by atoms with van der Waals surface area (Å²) in [5.41, 5.74) is 5.37. The molecule has 3 nitrogen and oxygen atoms in total. The van der Waals surface area contributed by atoms with E-state index in [0.29, 0.717) is 19.4 Å². The van der Waals surface area contributed by atoms with Gasteiger partial charge in [-0.05, 0) is 37.9 Å². The van der Waals surface area contributed by atoms with Crippen molar-refractivity contribution >= 4 is 21.9 Å². The molecule has 0 saturated heterocycles. The van der Waals surface area contributed by atoms with Crippen molar-refractivity contribution in [2.45, 2.75) is 25.2 Å². The molecule has 0 aromatic heterocycles. The van der Waals surface area contributed by atoms with Crippen LogP contribution < -0.4 is 5.73 Å². The molecule has 1 atom stereocenters. The molecule has 0 aliphatic rings. The minimum Gasteiger partial charge on any atom is -0.481 e. The van der Waals surface area contributed by atoms with Crippen LogP contribution in [0.15, 0.2) is 28.7 Å². The van der Waals surface area contributed by atoms with Gasteiger partial charge in [0, 0.05) is 4.47 Å². The number of nitrogens with two attached hydrogens (primary N) is 1. The van der Waals surface area contributed by atoms with Crippen LogP contribution in [0.5, 0.6) is 0 Å². The molecule has 0 aliphatic carbocycles. The monoisotopic (exact) mass is 285 g/mol. The summed E-state index contributed by atoms with van der Waals surface area (Å²) in [5, 5.41) is 9.38. The van der Waals surface area contributed by atoms with E-state index in [4.69, 9.17) is 5.73 Å². The van der Waals surface area contributed by atoms with Gasteiger partial charge < -0.3 is 10.8 Å². The molecule has 0 spiro atoms. The highest BCUT2D eigenvalue weighted by atomic mass is 79.9. The maximum atomic E-state index is 11.4. The van der Waals surface area contributed by atoms with E-state index in [0.717, 1.165) is 10.0 Å². The summed E-state index contributed by atoms with van der Waals surface area (Å²) in [6.07, 6.45) is 1.24. The zero-order chi connectivity index (χ0) is 12.2. The summed E-state index contributed by atoms with van der Waals surface area (Å²) in [5.74, 6) is -0.812. The van der Waals surface area contributed by atoms with Crippen molar-refractivity contribution < 1.29 is 9.90 Å². The number of hydrogen-bond donors (Lipinski definition) is 2. The molecule has 0 amide bonds. The number of rotatable bonds is 5. The smallest absolute Gasteiger partial charge is 0.313 e. The van der Waals surface area contributed by atoms with Crippen molar-refractivity contribution in [1.29, 1.82) is 0 Å². The van der Waals surface area contributed by atoms with E-state index in [1.807, 2.05) is 24.3 Å². The highest BCUT2D eigenvalue weighted by Crippen LogP contribution is 2.34. The van der Waals surface area contributed by atoms with E-state index < -0.39 is 11.4 Å². The summed E-state index contributed by atoms with van der Waals surface area (Å²) >= 11 is 3.40. The highest BCUT2D eigenvalue weighted by Gasteiger charge is 2.35. The summed E-state index contributed by atoms with van der Waals surface area (Å²) in [7, 11) is 0. The summed E-state index contributed by atoms with van der Waals surface area (Å²) < 4.78 is 0.830. The summed E-state index contributed by atoms with van der Waals surface area (Å²) in [6, 6.07) is 7.43. The number of hydrogen-bond acceptors (Lipinski definition) is 2. The van der Waals surface area contributed by atoms with Crippen molar-refractivity contribution in [2.75, 3.05) is 6.54 Å². The lowest BCUT2D eigenvalue weighted by atomic mass is 9.78. The molecule has 1 aromatic rings. The third-order valence-electron chi connectivity index (χ3n) is 2.82. The third-order valence-corrected chi connectivity index (χ3v) is 3.51. The van der Waals surface area contributed by atoms with Crippen molar-refractivity contribution in [3.8, 4) is 0 Å². The van der Waals surface area contributed by atoms with Crippen molar-refractivity contribution in [1.82, 2.24) is 0 Å². The Labute approximate surface area is 104 Å². The van der Waals surface area contributed by atoms with Crippen LogP contribution in [0.2, 0.25) is 0 Å². The zero-order valence-corrected chi connectivity index (χ0v) is 10.8. The molecule has 0 heterocycles. The molecule has 1 aromatic carbocycles. The van der Waals surface area contributed by atoms with Gasteiger partial charge in [-0.15, -0.1) is 0 Å². The average Bonchev–Trinajstić information content (AvgIpc) is 2.26. The Kier molecular flexibility index (Phi) is 4.50. The summed E-state index contributed by atoms with van der Waals surface area (Å²) in [4.78, 5) is 11.4. The van der Waals surface area contributed by atoms with Crippen molar-refractivity contribution in [2.24, 2.45) is 5.73 Å². The standard InChI is InChI=1S/C12H16BrNO2/c1-12(11(15)16,7-4-8-14)9-5-2-3-6-10(9)13/h2-3,5-6H,4,7-8,14H2,1H3,(H,15,16). The lowest BCUT2D eigenvalue weighted by molar-refractivity contribution is -0.143. The molecule has 0 radical (unpaired) electrons. The van der Waals surface area contributed by atoms with E-state index in [2.05, 4.69) is 15.9 Å². The van der Waals surface area contributed by atoms with Crippen LogP contribution in [0.4, 0.5) is 0 Å². The summed E-state index contributed by atoms with van der Waals surface area (Å²) in [6.45, 7) is 2.25. The van der Waals surface area contributed by atoms with Gasteiger partial charge in [0.1, 0.15) is 0 Å². The second-order valence-electron chi connectivity index (χ2n) is 4.01. The van der Waals surface area contributed by atoms with Crippen LogP contribution in [-0.4, -0.2) is 17.6 Å². The normalized spacial score (nSPS) is 14.4. The van der Waals surface area contributed by atoms with E-state index in [9.17, 15) is 9.90 Å².